The van der Waals surface area contributed by atoms with Crippen LogP contribution in [0.4, 0.5) is 5.69 Å². The van der Waals surface area contributed by atoms with E-state index in [0.29, 0.717) is 5.02 Å². The van der Waals surface area contributed by atoms with Crippen molar-refractivity contribution in [1.29, 1.82) is 0 Å². The maximum absolute atomic E-state index is 5.95. The van der Waals surface area contributed by atoms with E-state index in [4.69, 9.17) is 11.6 Å². The number of aliphatic imine (C=N–C) groups is 1. The Morgan fingerprint density at radius 2 is 2.14 bits per heavy atom. The van der Waals surface area contributed by atoms with Crippen LogP contribution in [0.3, 0.4) is 0 Å². The fraction of sp³-hybridized carbons (Fsp3) is 0.300. The van der Waals surface area contributed by atoms with E-state index in [-0.39, 0.29) is 0 Å². The predicted octanol–water partition coefficient (Wildman–Crippen LogP) is 2.69. The molecule has 0 spiro atoms. The summed E-state index contributed by atoms with van der Waals surface area (Å²) >= 11 is 5.95. The molecule has 0 radical (unpaired) electrons. The van der Waals surface area contributed by atoms with E-state index >= 15 is 0 Å². The van der Waals surface area contributed by atoms with Crippen molar-refractivity contribution in [3.8, 4) is 0 Å². The Bertz CT molecular complexity index is 323. The molecule has 0 aliphatic rings. The van der Waals surface area contributed by atoms with Crippen molar-refractivity contribution >= 4 is 23.1 Å². The maximum Gasteiger partial charge on any atom is 0.114 e. The van der Waals surface area contributed by atoms with Crippen LogP contribution in [0.1, 0.15) is 13.3 Å². The van der Waals surface area contributed by atoms with E-state index in [9.17, 15) is 0 Å². The molecule has 14 heavy (non-hydrogen) atoms. The van der Waals surface area contributed by atoms with Crippen LogP contribution in [0.2, 0.25) is 5.02 Å². The van der Waals surface area contributed by atoms with Gasteiger partial charge in [-0.05, 0) is 12.1 Å². The number of hydrogen-bond acceptors (Lipinski definition) is 2. The van der Waals surface area contributed by atoms with Crippen LogP contribution in [0.5, 0.6) is 0 Å². The zero-order valence-corrected chi connectivity index (χ0v) is 9.10. The van der Waals surface area contributed by atoms with Crippen LogP contribution in [-0.4, -0.2) is 12.9 Å². The summed E-state index contributed by atoms with van der Waals surface area (Å²) in [5.41, 5.74) is 6.84. The Kier molecular flexibility index (Phi) is 4.26. The summed E-state index contributed by atoms with van der Waals surface area (Å²) < 4.78 is 0. The van der Waals surface area contributed by atoms with Crippen molar-refractivity contribution < 1.29 is 0 Å². The molecular formula is C10H14ClN3. The molecule has 76 valence electrons. The second-order valence-electron chi connectivity index (χ2n) is 2.75. The van der Waals surface area contributed by atoms with Crippen LogP contribution in [0.15, 0.2) is 29.3 Å². The molecule has 1 aromatic carbocycles. The molecule has 4 heteroatoms. The van der Waals surface area contributed by atoms with E-state index < -0.39 is 0 Å². The normalized spacial score (nSPS) is 11.2. The summed E-state index contributed by atoms with van der Waals surface area (Å²) in [5.74, 6) is 0.893. The smallest absolute Gasteiger partial charge is 0.114 e. The van der Waals surface area contributed by atoms with E-state index in [0.717, 1.165) is 17.9 Å². The minimum absolute atomic E-state index is 0.687. The monoisotopic (exact) mass is 211 g/mol. The molecule has 0 aromatic heterocycles. The first-order valence-electron chi connectivity index (χ1n) is 4.50. The third kappa shape index (κ3) is 2.92. The highest BCUT2D eigenvalue weighted by atomic mass is 35.5. The molecule has 1 rings (SSSR count). The Balaban J connectivity index is 2.58. The molecule has 0 heterocycles. The lowest BCUT2D eigenvalue weighted by Crippen LogP contribution is -2.28. The minimum Gasteiger partial charge on any atom is -0.298 e. The van der Waals surface area contributed by atoms with Crippen molar-refractivity contribution in [3.63, 3.8) is 0 Å². The number of nitrogens with one attached hydrogen (secondary N) is 2. The molecule has 0 saturated carbocycles. The van der Waals surface area contributed by atoms with E-state index in [1.165, 1.54) is 0 Å². The molecular weight excluding hydrogens is 198 g/mol. The van der Waals surface area contributed by atoms with Gasteiger partial charge in [0.05, 0.1) is 10.7 Å². The average Bonchev–Trinajstić information content (AvgIpc) is 2.22. The third-order valence-electron chi connectivity index (χ3n) is 1.82. The fourth-order valence-electron chi connectivity index (χ4n) is 1.00. The van der Waals surface area contributed by atoms with Gasteiger partial charge in [0.1, 0.15) is 5.84 Å². The van der Waals surface area contributed by atoms with Gasteiger partial charge >= 0.3 is 0 Å². The lowest BCUT2D eigenvalue weighted by Gasteiger charge is -2.11. The molecule has 0 amide bonds. The average molecular weight is 212 g/mol. The van der Waals surface area contributed by atoms with Gasteiger partial charge in [0.25, 0.3) is 0 Å². The first kappa shape index (κ1) is 10.9. The zero-order valence-electron chi connectivity index (χ0n) is 8.34. The van der Waals surface area contributed by atoms with Gasteiger partial charge < -0.3 is 0 Å². The first-order valence-corrected chi connectivity index (χ1v) is 4.88. The van der Waals surface area contributed by atoms with Crippen molar-refractivity contribution in [3.05, 3.63) is 29.3 Å². The van der Waals surface area contributed by atoms with Gasteiger partial charge in [-0.25, -0.2) is 0 Å². The summed E-state index contributed by atoms with van der Waals surface area (Å²) in [6.07, 6.45) is 0.855. The number of benzene rings is 1. The van der Waals surface area contributed by atoms with Gasteiger partial charge in [0, 0.05) is 13.5 Å². The second kappa shape index (κ2) is 5.50. The Morgan fingerprint density at radius 3 is 2.71 bits per heavy atom. The maximum atomic E-state index is 5.95. The number of nitrogens with zero attached hydrogens (tertiary/aromatic N) is 1. The minimum atomic E-state index is 0.687. The molecule has 2 N–H and O–H groups in total. The predicted molar refractivity (Wildman–Crippen MR) is 61.9 cm³/mol. The van der Waals surface area contributed by atoms with E-state index in [2.05, 4.69) is 15.8 Å². The summed E-state index contributed by atoms with van der Waals surface area (Å²) in [6.45, 7) is 2.03. The van der Waals surface area contributed by atoms with Crippen LogP contribution >= 0.6 is 11.6 Å². The largest absolute Gasteiger partial charge is 0.298 e. The van der Waals surface area contributed by atoms with Gasteiger partial charge in [0.15, 0.2) is 0 Å². The van der Waals surface area contributed by atoms with E-state index in [1.54, 1.807) is 7.05 Å². The van der Waals surface area contributed by atoms with Crippen LogP contribution in [-0.2, 0) is 0 Å². The van der Waals surface area contributed by atoms with Crippen LogP contribution in [0.25, 0.3) is 0 Å². The van der Waals surface area contributed by atoms with Gasteiger partial charge in [-0.2, -0.15) is 0 Å². The first-order chi connectivity index (χ1) is 6.77. The third-order valence-corrected chi connectivity index (χ3v) is 2.15. The number of hydrogen-bond donors (Lipinski definition) is 2. The number of amidine groups is 1. The number of anilines is 1. The van der Waals surface area contributed by atoms with Crippen molar-refractivity contribution in [2.45, 2.75) is 13.3 Å². The molecule has 3 nitrogen and oxygen atoms in total. The van der Waals surface area contributed by atoms with E-state index in [1.807, 2.05) is 31.2 Å². The Hall–Kier alpha value is -1.22. The van der Waals surface area contributed by atoms with Crippen LogP contribution in [0, 0.1) is 0 Å². The van der Waals surface area contributed by atoms with Gasteiger partial charge in [0.2, 0.25) is 0 Å². The number of para-hydroxylation sites is 1. The Morgan fingerprint density at radius 1 is 1.43 bits per heavy atom. The highest BCUT2D eigenvalue weighted by Gasteiger charge is 1.97. The lowest BCUT2D eigenvalue weighted by molar-refractivity contribution is 1.04. The standard InChI is InChI=1S/C10H14ClN3/c1-3-10(12-2)14-13-9-7-5-4-6-8(9)11/h4-7,13H,3H2,1-2H3,(H,12,14). The summed E-state index contributed by atoms with van der Waals surface area (Å²) in [5, 5.41) is 0.687. The summed E-state index contributed by atoms with van der Waals surface area (Å²) in [7, 11) is 1.75. The molecule has 0 aliphatic carbocycles. The molecule has 0 bridgehead atoms. The van der Waals surface area contributed by atoms with Gasteiger partial charge in [-0.3, -0.25) is 15.8 Å². The topological polar surface area (TPSA) is 36.4 Å². The molecule has 0 atom stereocenters. The number of rotatable bonds is 3. The highest BCUT2D eigenvalue weighted by molar-refractivity contribution is 6.33. The second-order valence-corrected chi connectivity index (χ2v) is 3.16. The molecule has 0 saturated heterocycles. The summed E-state index contributed by atoms with van der Waals surface area (Å²) in [4.78, 5) is 4.05. The lowest BCUT2D eigenvalue weighted by atomic mass is 10.3. The van der Waals surface area contributed by atoms with Crippen molar-refractivity contribution in [2.75, 3.05) is 12.5 Å². The molecule has 0 unspecified atom stereocenters. The highest BCUT2D eigenvalue weighted by Crippen LogP contribution is 2.19. The fourth-order valence-corrected chi connectivity index (χ4v) is 1.19. The summed E-state index contributed by atoms with van der Waals surface area (Å²) in [6, 6.07) is 7.55. The van der Waals surface area contributed by atoms with Crippen molar-refractivity contribution in [2.24, 2.45) is 4.99 Å². The Labute approximate surface area is 89.2 Å². The quantitative estimate of drug-likeness (QED) is 0.458. The van der Waals surface area contributed by atoms with Crippen LogP contribution < -0.4 is 10.9 Å². The molecule has 0 aliphatic heterocycles. The van der Waals surface area contributed by atoms with Crippen molar-refractivity contribution in [1.82, 2.24) is 5.43 Å². The van der Waals surface area contributed by atoms with Gasteiger partial charge in [-0.1, -0.05) is 30.7 Å². The number of halogens is 1. The SMILES string of the molecule is CCC(=NC)NNc1ccccc1Cl. The number of hydrazine groups is 1. The zero-order chi connectivity index (χ0) is 10.4. The molecule has 1 aromatic rings. The van der Waals surface area contributed by atoms with Gasteiger partial charge in [-0.15, -0.1) is 0 Å². The molecule has 0 fully saturated rings.